The molecular weight excluding hydrogens is 164 g/mol. The first-order chi connectivity index (χ1) is 6.24. The quantitative estimate of drug-likeness (QED) is 0.648. The second-order valence-corrected chi connectivity index (χ2v) is 3.98. The van der Waals surface area contributed by atoms with Crippen LogP contribution in [0.15, 0.2) is 12.5 Å². The van der Waals surface area contributed by atoms with Gasteiger partial charge in [-0.25, -0.2) is 4.98 Å². The predicted octanol–water partition coefficient (Wildman–Crippen LogP) is 1.91. The SMILES string of the molecule is CC1CC(n2cncc2C=O)C1C. The van der Waals surface area contributed by atoms with Crippen molar-refractivity contribution in [3.8, 4) is 0 Å². The second-order valence-electron chi connectivity index (χ2n) is 3.98. The van der Waals surface area contributed by atoms with E-state index in [4.69, 9.17) is 0 Å². The van der Waals surface area contributed by atoms with Crippen LogP contribution in [-0.2, 0) is 0 Å². The third-order valence-electron chi connectivity index (χ3n) is 3.29. The summed E-state index contributed by atoms with van der Waals surface area (Å²) in [6.07, 6.45) is 5.43. The Balaban J connectivity index is 2.22. The van der Waals surface area contributed by atoms with Crippen LogP contribution in [0, 0.1) is 11.8 Å². The number of nitrogens with zero attached hydrogens (tertiary/aromatic N) is 2. The molecule has 0 aromatic carbocycles. The molecule has 3 nitrogen and oxygen atoms in total. The van der Waals surface area contributed by atoms with E-state index in [-0.39, 0.29) is 0 Å². The van der Waals surface area contributed by atoms with Crippen molar-refractivity contribution < 1.29 is 4.79 Å². The minimum absolute atomic E-state index is 0.484. The lowest BCUT2D eigenvalue weighted by atomic mass is 9.71. The number of imidazole rings is 1. The van der Waals surface area contributed by atoms with Gasteiger partial charge < -0.3 is 4.57 Å². The van der Waals surface area contributed by atoms with E-state index >= 15 is 0 Å². The number of hydrogen-bond acceptors (Lipinski definition) is 2. The second kappa shape index (κ2) is 2.98. The standard InChI is InChI=1S/C10H14N2O/c1-7-3-10(8(7)2)12-6-11-4-9(12)5-13/h4-8,10H,3H2,1-2H3. The van der Waals surface area contributed by atoms with Crippen molar-refractivity contribution in [3.63, 3.8) is 0 Å². The molecule has 0 N–H and O–H groups in total. The Bertz CT molecular complexity index is 318. The Labute approximate surface area is 77.8 Å². The van der Waals surface area contributed by atoms with Crippen molar-refractivity contribution in [1.82, 2.24) is 9.55 Å². The molecule has 1 aliphatic rings. The van der Waals surface area contributed by atoms with Crippen LogP contribution in [0.4, 0.5) is 0 Å². The fourth-order valence-electron chi connectivity index (χ4n) is 2.04. The van der Waals surface area contributed by atoms with Gasteiger partial charge in [-0.05, 0) is 18.3 Å². The van der Waals surface area contributed by atoms with Crippen LogP contribution >= 0.6 is 0 Å². The third-order valence-corrected chi connectivity index (χ3v) is 3.29. The molecule has 3 heteroatoms. The minimum Gasteiger partial charge on any atom is -0.325 e. The van der Waals surface area contributed by atoms with Crippen LogP contribution in [0.2, 0.25) is 0 Å². The Morgan fingerprint density at radius 3 is 2.92 bits per heavy atom. The lowest BCUT2D eigenvalue weighted by Crippen LogP contribution is -2.35. The zero-order valence-electron chi connectivity index (χ0n) is 7.97. The number of carbonyl (C=O) groups excluding carboxylic acids is 1. The monoisotopic (exact) mass is 178 g/mol. The van der Waals surface area contributed by atoms with Crippen molar-refractivity contribution in [2.45, 2.75) is 26.3 Å². The molecule has 13 heavy (non-hydrogen) atoms. The topological polar surface area (TPSA) is 34.9 Å². The van der Waals surface area contributed by atoms with Gasteiger partial charge in [-0.1, -0.05) is 13.8 Å². The van der Waals surface area contributed by atoms with E-state index in [2.05, 4.69) is 18.8 Å². The van der Waals surface area contributed by atoms with Crippen LogP contribution < -0.4 is 0 Å². The van der Waals surface area contributed by atoms with Crippen LogP contribution in [0.1, 0.15) is 36.8 Å². The Morgan fingerprint density at radius 2 is 2.38 bits per heavy atom. The fourth-order valence-corrected chi connectivity index (χ4v) is 2.04. The average Bonchev–Trinajstić information content (AvgIpc) is 2.60. The smallest absolute Gasteiger partial charge is 0.168 e. The summed E-state index contributed by atoms with van der Waals surface area (Å²) >= 11 is 0. The highest BCUT2D eigenvalue weighted by molar-refractivity contribution is 5.71. The van der Waals surface area contributed by atoms with Gasteiger partial charge in [0.25, 0.3) is 0 Å². The van der Waals surface area contributed by atoms with Crippen molar-refractivity contribution in [2.24, 2.45) is 11.8 Å². The lowest BCUT2D eigenvalue weighted by molar-refractivity contribution is 0.101. The Morgan fingerprint density at radius 1 is 1.62 bits per heavy atom. The maximum atomic E-state index is 10.7. The van der Waals surface area contributed by atoms with Crippen molar-refractivity contribution in [1.29, 1.82) is 0 Å². The van der Waals surface area contributed by atoms with Gasteiger partial charge >= 0.3 is 0 Å². The van der Waals surface area contributed by atoms with E-state index in [1.807, 2.05) is 4.57 Å². The highest BCUT2D eigenvalue weighted by Gasteiger charge is 2.36. The molecule has 1 aliphatic carbocycles. The minimum atomic E-state index is 0.484. The Kier molecular flexibility index (Phi) is 1.94. The number of aldehydes is 1. The molecule has 1 aromatic heterocycles. The summed E-state index contributed by atoms with van der Waals surface area (Å²) in [5.41, 5.74) is 0.698. The van der Waals surface area contributed by atoms with E-state index in [0.29, 0.717) is 17.7 Å². The lowest BCUT2D eigenvalue weighted by Gasteiger charge is -2.41. The molecular formula is C10H14N2O. The largest absolute Gasteiger partial charge is 0.325 e. The summed E-state index contributed by atoms with van der Waals surface area (Å²) in [7, 11) is 0. The summed E-state index contributed by atoms with van der Waals surface area (Å²) < 4.78 is 2.00. The summed E-state index contributed by atoms with van der Waals surface area (Å²) in [5, 5.41) is 0. The van der Waals surface area contributed by atoms with E-state index in [1.165, 1.54) is 6.42 Å². The first-order valence-electron chi connectivity index (χ1n) is 4.71. The average molecular weight is 178 g/mol. The van der Waals surface area contributed by atoms with E-state index < -0.39 is 0 Å². The number of rotatable bonds is 2. The molecule has 1 aromatic rings. The van der Waals surface area contributed by atoms with Gasteiger partial charge in [0.05, 0.1) is 12.5 Å². The summed E-state index contributed by atoms with van der Waals surface area (Å²) in [6, 6.07) is 0.484. The van der Waals surface area contributed by atoms with Gasteiger partial charge in [-0.3, -0.25) is 4.79 Å². The van der Waals surface area contributed by atoms with Gasteiger partial charge in [-0.2, -0.15) is 0 Å². The van der Waals surface area contributed by atoms with Gasteiger partial charge in [0, 0.05) is 6.04 Å². The predicted molar refractivity (Wildman–Crippen MR) is 49.6 cm³/mol. The van der Waals surface area contributed by atoms with Crippen LogP contribution in [0.25, 0.3) is 0 Å². The summed E-state index contributed by atoms with van der Waals surface area (Å²) in [6.45, 7) is 4.48. The normalized spacial score (nSPS) is 32.6. The fraction of sp³-hybridized carbons (Fsp3) is 0.600. The third kappa shape index (κ3) is 1.19. The maximum Gasteiger partial charge on any atom is 0.168 e. The van der Waals surface area contributed by atoms with Gasteiger partial charge in [0.15, 0.2) is 6.29 Å². The zero-order chi connectivity index (χ0) is 9.42. The number of carbonyl (C=O) groups is 1. The first-order valence-corrected chi connectivity index (χ1v) is 4.71. The summed E-state index contributed by atoms with van der Waals surface area (Å²) in [4.78, 5) is 14.6. The van der Waals surface area contributed by atoms with Crippen LogP contribution in [0.3, 0.4) is 0 Å². The van der Waals surface area contributed by atoms with E-state index in [9.17, 15) is 4.79 Å². The summed E-state index contributed by atoms with van der Waals surface area (Å²) in [5.74, 6) is 1.43. The van der Waals surface area contributed by atoms with Crippen molar-refractivity contribution >= 4 is 6.29 Å². The molecule has 3 unspecified atom stereocenters. The zero-order valence-corrected chi connectivity index (χ0v) is 7.97. The Hall–Kier alpha value is -1.12. The molecule has 1 heterocycles. The highest BCUT2D eigenvalue weighted by Crippen LogP contribution is 2.43. The van der Waals surface area contributed by atoms with E-state index in [0.717, 1.165) is 12.2 Å². The molecule has 0 bridgehead atoms. The van der Waals surface area contributed by atoms with Crippen LogP contribution in [-0.4, -0.2) is 15.8 Å². The first kappa shape index (κ1) is 8.48. The molecule has 0 saturated heterocycles. The molecule has 70 valence electrons. The number of aromatic nitrogens is 2. The highest BCUT2D eigenvalue weighted by atomic mass is 16.1. The van der Waals surface area contributed by atoms with Gasteiger partial charge in [-0.15, -0.1) is 0 Å². The van der Waals surface area contributed by atoms with Gasteiger partial charge in [0.1, 0.15) is 5.69 Å². The molecule has 0 amide bonds. The van der Waals surface area contributed by atoms with Crippen molar-refractivity contribution in [2.75, 3.05) is 0 Å². The molecule has 1 fully saturated rings. The van der Waals surface area contributed by atoms with E-state index in [1.54, 1.807) is 12.5 Å². The molecule has 1 saturated carbocycles. The number of hydrogen-bond donors (Lipinski definition) is 0. The van der Waals surface area contributed by atoms with Crippen molar-refractivity contribution in [3.05, 3.63) is 18.2 Å². The molecule has 2 rings (SSSR count). The molecule has 0 spiro atoms. The molecule has 3 atom stereocenters. The molecule has 0 aliphatic heterocycles. The van der Waals surface area contributed by atoms with Crippen LogP contribution in [0.5, 0.6) is 0 Å². The molecule has 0 radical (unpaired) electrons. The van der Waals surface area contributed by atoms with Gasteiger partial charge in [0.2, 0.25) is 0 Å². The maximum absolute atomic E-state index is 10.7.